The van der Waals surface area contributed by atoms with Crippen molar-refractivity contribution >= 4 is 0 Å². The summed E-state index contributed by atoms with van der Waals surface area (Å²) in [5, 5.41) is 0. The van der Waals surface area contributed by atoms with Gasteiger partial charge in [0.05, 0.1) is 11.6 Å². The summed E-state index contributed by atoms with van der Waals surface area (Å²) in [6, 6.07) is 1.93. The number of aryl methyl sites for hydroxylation is 1. The van der Waals surface area contributed by atoms with Gasteiger partial charge in [-0.1, -0.05) is 0 Å². The number of nitrogens with zero attached hydrogens (tertiary/aromatic N) is 1. The standard InChI is InChI=1S/C14H23N3O2/c1-3-19-14(5-8-18-9-6-14)13(17-15)12-10-16-7-4-11(12)2/h4,7,10,13,17H,3,5-6,8-9,15H2,1-2H3. The number of ether oxygens (including phenoxy) is 2. The molecule has 1 fully saturated rings. The molecule has 3 N–H and O–H groups in total. The monoisotopic (exact) mass is 265 g/mol. The van der Waals surface area contributed by atoms with Gasteiger partial charge in [0.2, 0.25) is 0 Å². The molecular formula is C14H23N3O2. The van der Waals surface area contributed by atoms with E-state index in [4.69, 9.17) is 15.3 Å². The van der Waals surface area contributed by atoms with E-state index in [1.807, 2.05) is 19.2 Å². The minimum Gasteiger partial charge on any atom is -0.381 e. The van der Waals surface area contributed by atoms with Crippen molar-refractivity contribution in [2.24, 2.45) is 5.84 Å². The summed E-state index contributed by atoms with van der Waals surface area (Å²) in [7, 11) is 0. The molecule has 0 amide bonds. The van der Waals surface area contributed by atoms with Crippen LogP contribution in [0.1, 0.15) is 36.9 Å². The van der Waals surface area contributed by atoms with Gasteiger partial charge in [0.15, 0.2) is 0 Å². The van der Waals surface area contributed by atoms with E-state index in [1.54, 1.807) is 6.20 Å². The normalized spacial score (nSPS) is 20.2. The second-order valence-electron chi connectivity index (χ2n) is 4.94. The van der Waals surface area contributed by atoms with Crippen molar-refractivity contribution in [3.63, 3.8) is 0 Å². The molecule has 0 saturated carbocycles. The molecule has 0 aliphatic carbocycles. The summed E-state index contributed by atoms with van der Waals surface area (Å²) in [5.74, 6) is 5.82. The van der Waals surface area contributed by atoms with Crippen molar-refractivity contribution in [1.29, 1.82) is 0 Å². The number of aromatic nitrogens is 1. The van der Waals surface area contributed by atoms with Gasteiger partial charge in [-0.15, -0.1) is 0 Å². The quantitative estimate of drug-likeness (QED) is 0.623. The van der Waals surface area contributed by atoms with Crippen LogP contribution in [0.15, 0.2) is 18.5 Å². The highest BCUT2D eigenvalue weighted by molar-refractivity contribution is 5.28. The molecule has 2 rings (SSSR count). The van der Waals surface area contributed by atoms with E-state index >= 15 is 0 Å². The van der Waals surface area contributed by atoms with Crippen LogP contribution in [0.4, 0.5) is 0 Å². The van der Waals surface area contributed by atoms with Crippen LogP contribution in [-0.4, -0.2) is 30.4 Å². The summed E-state index contributed by atoms with van der Waals surface area (Å²) in [6.07, 6.45) is 5.34. The van der Waals surface area contributed by atoms with Crippen LogP contribution >= 0.6 is 0 Å². The first-order chi connectivity index (χ1) is 9.23. The lowest BCUT2D eigenvalue weighted by molar-refractivity contribution is -0.128. The molecular weight excluding hydrogens is 242 g/mol. The number of nitrogens with two attached hydrogens (primary N) is 1. The van der Waals surface area contributed by atoms with Crippen LogP contribution in [0.5, 0.6) is 0 Å². The summed E-state index contributed by atoms with van der Waals surface area (Å²) >= 11 is 0. The van der Waals surface area contributed by atoms with Gasteiger partial charge < -0.3 is 9.47 Å². The topological polar surface area (TPSA) is 69.4 Å². The van der Waals surface area contributed by atoms with E-state index in [0.717, 1.165) is 18.4 Å². The smallest absolute Gasteiger partial charge is 0.0933 e. The third-order valence-corrected chi connectivity index (χ3v) is 3.85. The lowest BCUT2D eigenvalue weighted by Gasteiger charge is -2.43. The molecule has 1 aliphatic heterocycles. The predicted molar refractivity (Wildman–Crippen MR) is 73.4 cm³/mol. The Kier molecular flexibility index (Phi) is 4.87. The number of rotatable bonds is 5. The van der Waals surface area contributed by atoms with Crippen LogP contribution in [0.25, 0.3) is 0 Å². The summed E-state index contributed by atoms with van der Waals surface area (Å²) < 4.78 is 11.6. The number of pyridine rings is 1. The Bertz CT molecular complexity index is 400. The van der Waals surface area contributed by atoms with E-state index in [0.29, 0.717) is 19.8 Å². The number of hydrazine groups is 1. The molecule has 0 aromatic carbocycles. The molecule has 1 atom stereocenters. The zero-order valence-electron chi connectivity index (χ0n) is 11.7. The maximum absolute atomic E-state index is 6.08. The van der Waals surface area contributed by atoms with Crippen LogP contribution in [0.2, 0.25) is 0 Å². The van der Waals surface area contributed by atoms with Crippen molar-refractivity contribution in [3.05, 3.63) is 29.6 Å². The first kappa shape index (κ1) is 14.4. The third kappa shape index (κ3) is 2.95. The molecule has 0 bridgehead atoms. The number of hydrogen-bond donors (Lipinski definition) is 2. The van der Waals surface area contributed by atoms with Gasteiger partial charge in [-0.3, -0.25) is 10.8 Å². The molecule has 5 heteroatoms. The Morgan fingerprint density at radius 2 is 2.26 bits per heavy atom. The number of hydrogen-bond acceptors (Lipinski definition) is 5. The van der Waals surface area contributed by atoms with Gasteiger partial charge in [0, 0.05) is 45.1 Å². The van der Waals surface area contributed by atoms with E-state index in [9.17, 15) is 0 Å². The molecule has 2 heterocycles. The SMILES string of the molecule is CCOC1(C(NN)c2cnccc2C)CCOCC1. The highest BCUT2D eigenvalue weighted by atomic mass is 16.5. The van der Waals surface area contributed by atoms with Crippen molar-refractivity contribution in [1.82, 2.24) is 10.4 Å². The third-order valence-electron chi connectivity index (χ3n) is 3.85. The fraction of sp³-hybridized carbons (Fsp3) is 0.643. The molecule has 1 unspecified atom stereocenters. The molecule has 1 aromatic heterocycles. The van der Waals surface area contributed by atoms with E-state index in [-0.39, 0.29) is 11.6 Å². The lowest BCUT2D eigenvalue weighted by Crippen LogP contribution is -2.52. The highest BCUT2D eigenvalue weighted by Gasteiger charge is 2.42. The van der Waals surface area contributed by atoms with Gasteiger partial charge in [0.25, 0.3) is 0 Å². The Balaban J connectivity index is 2.34. The summed E-state index contributed by atoms with van der Waals surface area (Å²) in [6.45, 7) is 6.16. The van der Waals surface area contributed by atoms with E-state index < -0.39 is 0 Å². The summed E-state index contributed by atoms with van der Waals surface area (Å²) in [5.41, 5.74) is 4.89. The maximum Gasteiger partial charge on any atom is 0.0933 e. The van der Waals surface area contributed by atoms with Crippen LogP contribution in [-0.2, 0) is 9.47 Å². The lowest BCUT2D eigenvalue weighted by atomic mass is 9.81. The van der Waals surface area contributed by atoms with Crippen LogP contribution < -0.4 is 11.3 Å². The fourth-order valence-corrected chi connectivity index (χ4v) is 2.82. The molecule has 5 nitrogen and oxygen atoms in total. The van der Waals surface area contributed by atoms with E-state index in [2.05, 4.69) is 17.3 Å². The molecule has 0 spiro atoms. The second-order valence-corrected chi connectivity index (χ2v) is 4.94. The van der Waals surface area contributed by atoms with Gasteiger partial charge in [-0.25, -0.2) is 5.43 Å². The molecule has 1 aromatic rings. The molecule has 106 valence electrons. The zero-order chi connectivity index (χ0) is 13.7. The molecule has 1 saturated heterocycles. The Morgan fingerprint density at radius 1 is 1.53 bits per heavy atom. The van der Waals surface area contributed by atoms with Crippen molar-refractivity contribution < 1.29 is 9.47 Å². The van der Waals surface area contributed by atoms with Crippen molar-refractivity contribution in [3.8, 4) is 0 Å². The van der Waals surface area contributed by atoms with Crippen molar-refractivity contribution in [2.45, 2.75) is 38.3 Å². The van der Waals surface area contributed by atoms with E-state index in [1.165, 1.54) is 5.56 Å². The molecule has 1 aliphatic rings. The minimum absolute atomic E-state index is 0.0648. The van der Waals surface area contributed by atoms with Crippen LogP contribution in [0, 0.1) is 6.92 Å². The minimum atomic E-state index is -0.310. The molecule has 19 heavy (non-hydrogen) atoms. The predicted octanol–water partition coefficient (Wildman–Crippen LogP) is 1.48. The summed E-state index contributed by atoms with van der Waals surface area (Å²) in [4.78, 5) is 4.22. The average Bonchev–Trinajstić information content (AvgIpc) is 2.43. The Morgan fingerprint density at radius 3 is 2.84 bits per heavy atom. The van der Waals surface area contributed by atoms with Gasteiger partial charge >= 0.3 is 0 Å². The Hall–Kier alpha value is -1.01. The fourth-order valence-electron chi connectivity index (χ4n) is 2.82. The first-order valence-corrected chi connectivity index (χ1v) is 6.82. The molecule has 0 radical (unpaired) electrons. The first-order valence-electron chi connectivity index (χ1n) is 6.82. The van der Waals surface area contributed by atoms with Gasteiger partial charge in [0.1, 0.15) is 0 Å². The largest absolute Gasteiger partial charge is 0.381 e. The second kappa shape index (κ2) is 6.43. The van der Waals surface area contributed by atoms with Gasteiger partial charge in [-0.2, -0.15) is 0 Å². The van der Waals surface area contributed by atoms with Gasteiger partial charge in [-0.05, 0) is 31.0 Å². The number of nitrogens with one attached hydrogen (secondary N) is 1. The average molecular weight is 265 g/mol. The van der Waals surface area contributed by atoms with Crippen LogP contribution in [0.3, 0.4) is 0 Å². The zero-order valence-corrected chi connectivity index (χ0v) is 11.7. The highest BCUT2D eigenvalue weighted by Crippen LogP contribution is 2.38. The Labute approximate surface area is 114 Å². The maximum atomic E-state index is 6.08. The van der Waals surface area contributed by atoms with Crippen molar-refractivity contribution in [2.75, 3.05) is 19.8 Å².